The van der Waals surface area contributed by atoms with Crippen LogP contribution in [0.4, 0.5) is 0 Å². The molecule has 90 valence electrons. The second-order valence-corrected chi connectivity index (χ2v) is 3.61. The van der Waals surface area contributed by atoms with E-state index in [9.17, 15) is 0 Å². The van der Waals surface area contributed by atoms with Crippen molar-refractivity contribution < 1.29 is 0 Å². The van der Waals surface area contributed by atoms with Crippen molar-refractivity contribution in [3.05, 3.63) is 42.1 Å². The lowest BCUT2D eigenvalue weighted by Crippen LogP contribution is -1.87. The maximum absolute atomic E-state index is 4.28. The number of nitrogens with zero attached hydrogens (tertiary/aromatic N) is 1. The summed E-state index contributed by atoms with van der Waals surface area (Å²) < 4.78 is 0. The van der Waals surface area contributed by atoms with Gasteiger partial charge in [0.1, 0.15) is 0 Å². The quantitative estimate of drug-likeness (QED) is 0.751. The van der Waals surface area contributed by atoms with Gasteiger partial charge in [0.25, 0.3) is 0 Å². The lowest BCUT2D eigenvalue weighted by Gasteiger charge is -2.05. The SMILES string of the molecule is C.C.CC(C)c1ccc2ncccc2c1.N. The van der Waals surface area contributed by atoms with Gasteiger partial charge in [-0.1, -0.05) is 40.8 Å². The summed E-state index contributed by atoms with van der Waals surface area (Å²) in [6.45, 7) is 4.41. The molecule has 0 aliphatic heterocycles. The van der Waals surface area contributed by atoms with Crippen molar-refractivity contribution in [1.82, 2.24) is 11.1 Å². The molecule has 2 nitrogen and oxygen atoms in total. The number of hydrogen-bond donors (Lipinski definition) is 1. The van der Waals surface area contributed by atoms with Crippen molar-refractivity contribution in [1.29, 1.82) is 0 Å². The molecule has 0 aliphatic carbocycles. The summed E-state index contributed by atoms with van der Waals surface area (Å²) in [6.07, 6.45) is 1.83. The van der Waals surface area contributed by atoms with E-state index in [0.29, 0.717) is 5.92 Å². The van der Waals surface area contributed by atoms with Crippen LogP contribution in [-0.4, -0.2) is 4.98 Å². The largest absolute Gasteiger partial charge is 0.344 e. The van der Waals surface area contributed by atoms with Crippen molar-refractivity contribution in [2.45, 2.75) is 34.6 Å². The monoisotopic (exact) mass is 220 g/mol. The first-order valence-electron chi connectivity index (χ1n) is 4.62. The highest BCUT2D eigenvalue weighted by Gasteiger charge is 1.99. The van der Waals surface area contributed by atoms with Gasteiger partial charge in [-0.05, 0) is 29.7 Å². The van der Waals surface area contributed by atoms with Crippen LogP contribution in [0.3, 0.4) is 0 Å². The Morgan fingerprint density at radius 1 is 1.06 bits per heavy atom. The minimum atomic E-state index is 0. The van der Waals surface area contributed by atoms with E-state index in [1.807, 2.05) is 12.3 Å². The molecule has 0 saturated carbocycles. The molecule has 16 heavy (non-hydrogen) atoms. The van der Waals surface area contributed by atoms with Crippen LogP contribution in [-0.2, 0) is 0 Å². The van der Waals surface area contributed by atoms with Crippen LogP contribution in [0.25, 0.3) is 10.9 Å². The van der Waals surface area contributed by atoms with Gasteiger partial charge < -0.3 is 6.15 Å². The van der Waals surface area contributed by atoms with Crippen LogP contribution < -0.4 is 6.15 Å². The molecule has 0 saturated heterocycles. The molecule has 0 amide bonds. The van der Waals surface area contributed by atoms with Crippen molar-refractivity contribution in [3.8, 4) is 0 Å². The molecule has 0 atom stereocenters. The fraction of sp³-hybridized carbons (Fsp3) is 0.357. The number of rotatable bonds is 1. The summed E-state index contributed by atoms with van der Waals surface area (Å²) in [5, 5.41) is 1.23. The Morgan fingerprint density at radius 3 is 2.38 bits per heavy atom. The van der Waals surface area contributed by atoms with Crippen molar-refractivity contribution >= 4 is 10.9 Å². The Labute approximate surface area is 99.3 Å². The standard InChI is InChI=1S/C12H13N.2CH4.H3N/c1-9(2)10-5-6-12-11(8-10)4-3-7-13-12;;;/h3-9H,1-2H3;2*1H4;1H3. The van der Waals surface area contributed by atoms with Gasteiger partial charge in [0, 0.05) is 11.6 Å². The summed E-state index contributed by atoms with van der Waals surface area (Å²) in [5.41, 5.74) is 2.45. The highest BCUT2D eigenvalue weighted by molar-refractivity contribution is 5.79. The lowest BCUT2D eigenvalue weighted by molar-refractivity contribution is 0.868. The van der Waals surface area contributed by atoms with Gasteiger partial charge in [0.15, 0.2) is 0 Å². The smallest absolute Gasteiger partial charge is 0.0702 e. The first-order chi connectivity index (χ1) is 6.27. The minimum absolute atomic E-state index is 0. The number of fused-ring (bicyclic) bond motifs is 1. The predicted molar refractivity (Wildman–Crippen MR) is 74.3 cm³/mol. The highest BCUT2D eigenvalue weighted by atomic mass is 14.6. The summed E-state index contributed by atoms with van der Waals surface area (Å²) >= 11 is 0. The Bertz CT molecular complexity index is 422. The number of benzene rings is 1. The molecular weight excluding hydrogens is 196 g/mol. The van der Waals surface area contributed by atoms with Crippen LogP contribution >= 0.6 is 0 Å². The molecular formula is C14H24N2. The zero-order valence-corrected chi connectivity index (χ0v) is 8.70. The average molecular weight is 220 g/mol. The number of hydrogen-bond acceptors (Lipinski definition) is 2. The van der Waals surface area contributed by atoms with Crippen LogP contribution in [0, 0.1) is 0 Å². The van der Waals surface area contributed by atoms with E-state index in [1.165, 1.54) is 10.9 Å². The molecule has 0 bridgehead atoms. The third kappa shape index (κ3) is 3.31. The van der Waals surface area contributed by atoms with E-state index in [0.717, 1.165) is 5.52 Å². The fourth-order valence-corrected chi connectivity index (χ4v) is 1.45. The fourth-order valence-electron chi connectivity index (χ4n) is 1.45. The van der Waals surface area contributed by atoms with Gasteiger partial charge in [0.05, 0.1) is 5.52 Å². The van der Waals surface area contributed by atoms with Gasteiger partial charge in [-0.2, -0.15) is 0 Å². The van der Waals surface area contributed by atoms with E-state index in [2.05, 4.69) is 43.1 Å². The van der Waals surface area contributed by atoms with E-state index in [-0.39, 0.29) is 21.0 Å². The van der Waals surface area contributed by atoms with Crippen LogP contribution in [0.5, 0.6) is 0 Å². The summed E-state index contributed by atoms with van der Waals surface area (Å²) in [6, 6.07) is 10.5. The van der Waals surface area contributed by atoms with E-state index < -0.39 is 0 Å². The molecule has 0 radical (unpaired) electrons. The van der Waals surface area contributed by atoms with Gasteiger partial charge in [-0.15, -0.1) is 0 Å². The van der Waals surface area contributed by atoms with Gasteiger partial charge in [-0.25, -0.2) is 0 Å². The Morgan fingerprint density at radius 2 is 1.75 bits per heavy atom. The van der Waals surface area contributed by atoms with Crippen molar-refractivity contribution in [2.75, 3.05) is 0 Å². The Kier molecular flexibility index (Phi) is 7.40. The maximum atomic E-state index is 4.28. The number of pyridine rings is 1. The lowest BCUT2D eigenvalue weighted by atomic mass is 10.0. The average Bonchev–Trinajstić information content (AvgIpc) is 2.17. The summed E-state index contributed by atoms with van der Waals surface area (Å²) in [7, 11) is 0. The topological polar surface area (TPSA) is 47.9 Å². The summed E-state index contributed by atoms with van der Waals surface area (Å²) in [5.74, 6) is 0.588. The molecule has 2 rings (SSSR count). The molecule has 0 spiro atoms. The minimum Gasteiger partial charge on any atom is -0.344 e. The Balaban J connectivity index is 0. The zero-order chi connectivity index (χ0) is 9.26. The maximum Gasteiger partial charge on any atom is 0.0702 e. The molecule has 1 heterocycles. The van der Waals surface area contributed by atoms with Crippen LogP contribution in [0.2, 0.25) is 0 Å². The Hall–Kier alpha value is -1.41. The predicted octanol–water partition coefficient (Wildman–Crippen LogP) is 4.79. The molecule has 0 aliphatic rings. The molecule has 2 aromatic rings. The van der Waals surface area contributed by atoms with Crippen LogP contribution in [0.1, 0.15) is 40.2 Å². The molecule has 1 aromatic heterocycles. The van der Waals surface area contributed by atoms with Crippen molar-refractivity contribution in [2.24, 2.45) is 0 Å². The van der Waals surface area contributed by atoms with Gasteiger partial charge in [0.2, 0.25) is 0 Å². The molecule has 1 aromatic carbocycles. The third-order valence-corrected chi connectivity index (χ3v) is 2.29. The normalized spacial score (nSPS) is 8.94. The first kappa shape index (κ1) is 17.0. The van der Waals surface area contributed by atoms with Gasteiger partial charge in [-0.3, -0.25) is 4.98 Å². The molecule has 0 unspecified atom stereocenters. The second-order valence-electron chi connectivity index (χ2n) is 3.61. The molecule has 3 N–H and O–H groups in total. The summed E-state index contributed by atoms with van der Waals surface area (Å²) in [4.78, 5) is 4.28. The van der Waals surface area contributed by atoms with E-state index in [1.54, 1.807) is 0 Å². The van der Waals surface area contributed by atoms with E-state index >= 15 is 0 Å². The number of aromatic nitrogens is 1. The van der Waals surface area contributed by atoms with E-state index in [4.69, 9.17) is 0 Å². The highest BCUT2D eigenvalue weighted by Crippen LogP contribution is 2.19. The second kappa shape index (κ2) is 6.96. The molecule has 0 fully saturated rings. The molecule has 2 heteroatoms. The van der Waals surface area contributed by atoms with Crippen molar-refractivity contribution in [3.63, 3.8) is 0 Å². The van der Waals surface area contributed by atoms with Gasteiger partial charge >= 0.3 is 0 Å². The zero-order valence-electron chi connectivity index (χ0n) is 8.70. The third-order valence-electron chi connectivity index (χ3n) is 2.29. The van der Waals surface area contributed by atoms with Crippen LogP contribution in [0.15, 0.2) is 36.5 Å². The first-order valence-corrected chi connectivity index (χ1v) is 4.62.